The van der Waals surface area contributed by atoms with E-state index < -0.39 is 0 Å². The molecule has 0 saturated carbocycles. The van der Waals surface area contributed by atoms with Gasteiger partial charge in [-0.2, -0.15) is 0 Å². The van der Waals surface area contributed by atoms with Crippen molar-refractivity contribution in [2.75, 3.05) is 13.2 Å². The maximum Gasteiger partial charge on any atom is 0.109 e. The summed E-state index contributed by atoms with van der Waals surface area (Å²) in [5, 5.41) is 7.28. The van der Waals surface area contributed by atoms with Crippen molar-refractivity contribution >= 4 is 32.3 Å². The van der Waals surface area contributed by atoms with Gasteiger partial charge in [0.05, 0.1) is 0 Å². The molecule has 0 aliphatic rings. The molecule has 0 N–H and O–H groups in total. The van der Waals surface area contributed by atoms with E-state index in [9.17, 15) is 0 Å². The highest BCUT2D eigenvalue weighted by atomic mass is 16.5. The molecule has 0 aromatic heterocycles. The van der Waals surface area contributed by atoms with Crippen LogP contribution in [0.2, 0.25) is 0 Å². The minimum atomic E-state index is 0.355. The minimum Gasteiger partial charge on any atom is -0.356 e. The predicted molar refractivity (Wildman–Crippen MR) is 130 cm³/mol. The van der Waals surface area contributed by atoms with E-state index in [0.717, 1.165) is 11.1 Å². The summed E-state index contributed by atoms with van der Waals surface area (Å²) < 4.78 is 5.62. The summed E-state index contributed by atoms with van der Waals surface area (Å²) in [5.41, 5.74) is 2.02. The van der Waals surface area contributed by atoms with Crippen LogP contribution in [-0.2, 0) is 4.74 Å². The van der Waals surface area contributed by atoms with Crippen molar-refractivity contribution in [2.45, 2.75) is 0 Å². The molecule has 1 nitrogen and oxygen atoms in total. The number of hydrogen-bond acceptors (Lipinski definition) is 1. The molecule has 0 unspecified atom stereocenters. The first-order chi connectivity index (χ1) is 15.4. The van der Waals surface area contributed by atoms with Gasteiger partial charge in [0.15, 0.2) is 0 Å². The second-order valence-corrected chi connectivity index (χ2v) is 7.35. The molecule has 0 atom stereocenters. The molecule has 0 heterocycles. The summed E-state index contributed by atoms with van der Waals surface area (Å²) in [4.78, 5) is 0. The molecule has 0 spiro atoms. The van der Waals surface area contributed by atoms with Crippen LogP contribution < -0.4 is 0 Å². The van der Waals surface area contributed by atoms with E-state index in [0.29, 0.717) is 13.2 Å². The van der Waals surface area contributed by atoms with E-state index >= 15 is 0 Å². The van der Waals surface area contributed by atoms with Gasteiger partial charge in [0.2, 0.25) is 0 Å². The summed E-state index contributed by atoms with van der Waals surface area (Å²) in [7, 11) is 0. The second-order valence-electron chi connectivity index (χ2n) is 7.35. The molecule has 0 radical (unpaired) electrons. The van der Waals surface area contributed by atoms with Crippen molar-refractivity contribution in [3.63, 3.8) is 0 Å². The van der Waals surface area contributed by atoms with Crippen LogP contribution in [0, 0.1) is 23.7 Å². The summed E-state index contributed by atoms with van der Waals surface area (Å²) in [6.45, 7) is 0.716. The Labute approximate surface area is 182 Å². The molecule has 0 fully saturated rings. The molecular formula is C30H20O. The summed E-state index contributed by atoms with van der Waals surface area (Å²) in [6, 6.07) is 33.5. The highest BCUT2D eigenvalue weighted by Crippen LogP contribution is 2.28. The lowest BCUT2D eigenvalue weighted by Crippen LogP contribution is -1.92. The Balaban J connectivity index is 1.27. The van der Waals surface area contributed by atoms with Crippen molar-refractivity contribution in [3.05, 3.63) is 108 Å². The van der Waals surface area contributed by atoms with Crippen molar-refractivity contribution < 1.29 is 4.74 Å². The molecule has 5 aromatic carbocycles. The van der Waals surface area contributed by atoms with Gasteiger partial charge in [0.25, 0.3) is 0 Å². The zero-order valence-corrected chi connectivity index (χ0v) is 17.1. The monoisotopic (exact) mass is 396 g/mol. The second kappa shape index (κ2) is 8.76. The van der Waals surface area contributed by atoms with Gasteiger partial charge in [-0.25, -0.2) is 0 Å². The molecule has 0 aliphatic carbocycles. The van der Waals surface area contributed by atoms with Crippen LogP contribution in [0.1, 0.15) is 11.1 Å². The highest BCUT2D eigenvalue weighted by molar-refractivity contribution is 6.09. The Kier molecular flexibility index (Phi) is 5.36. The minimum absolute atomic E-state index is 0.355. The largest absolute Gasteiger partial charge is 0.356 e. The van der Waals surface area contributed by atoms with E-state index in [1.807, 2.05) is 18.2 Å². The summed E-state index contributed by atoms with van der Waals surface area (Å²) in [6.07, 6.45) is 0. The number of ether oxygens (including phenoxy) is 1. The molecule has 5 rings (SSSR count). The first kappa shape index (κ1) is 19.0. The third-order valence-electron chi connectivity index (χ3n) is 5.32. The van der Waals surface area contributed by atoms with Crippen molar-refractivity contribution in [1.29, 1.82) is 0 Å². The third kappa shape index (κ3) is 4.15. The Morgan fingerprint density at radius 3 is 2.00 bits per heavy atom. The van der Waals surface area contributed by atoms with Crippen LogP contribution in [0.25, 0.3) is 32.3 Å². The lowest BCUT2D eigenvalue weighted by atomic mass is 9.97. The average molecular weight is 396 g/mol. The van der Waals surface area contributed by atoms with E-state index in [1.54, 1.807) is 0 Å². The van der Waals surface area contributed by atoms with Gasteiger partial charge in [-0.1, -0.05) is 103 Å². The SMILES string of the molecule is C(#Cc1ccc2ccccc2c1)COCC#Cc1cc2ccccc2c2ccccc12. The van der Waals surface area contributed by atoms with Gasteiger partial charge in [-0.3, -0.25) is 0 Å². The number of hydrogen-bond donors (Lipinski definition) is 0. The highest BCUT2D eigenvalue weighted by Gasteiger charge is 2.03. The Morgan fingerprint density at radius 2 is 1.16 bits per heavy atom. The molecule has 5 aromatic rings. The number of rotatable bonds is 2. The fraction of sp³-hybridized carbons (Fsp3) is 0.0667. The quantitative estimate of drug-likeness (QED) is 0.186. The van der Waals surface area contributed by atoms with Crippen LogP contribution in [0.3, 0.4) is 0 Å². The Bertz CT molecular complexity index is 1520. The van der Waals surface area contributed by atoms with Crippen LogP contribution in [0.4, 0.5) is 0 Å². The fourth-order valence-electron chi connectivity index (χ4n) is 3.85. The summed E-state index contributed by atoms with van der Waals surface area (Å²) in [5.74, 6) is 12.7. The zero-order valence-electron chi connectivity index (χ0n) is 17.1. The predicted octanol–water partition coefficient (Wildman–Crippen LogP) is 6.57. The molecule has 146 valence electrons. The van der Waals surface area contributed by atoms with Gasteiger partial charge >= 0.3 is 0 Å². The Morgan fingerprint density at radius 1 is 0.516 bits per heavy atom. The first-order valence-electron chi connectivity index (χ1n) is 10.3. The van der Waals surface area contributed by atoms with Crippen LogP contribution >= 0.6 is 0 Å². The maximum atomic E-state index is 5.62. The molecule has 31 heavy (non-hydrogen) atoms. The van der Waals surface area contributed by atoms with Crippen LogP contribution in [-0.4, -0.2) is 13.2 Å². The third-order valence-corrected chi connectivity index (χ3v) is 5.32. The normalized spacial score (nSPS) is 10.5. The van der Waals surface area contributed by atoms with Crippen molar-refractivity contribution in [3.8, 4) is 23.7 Å². The molecule has 0 amide bonds. The van der Waals surface area contributed by atoms with Crippen LogP contribution in [0.15, 0.2) is 97.1 Å². The molecular weight excluding hydrogens is 376 g/mol. The standard InChI is InChI=1S/C30H20O/c1-2-11-25-21-23(17-18-24(25)10-1)9-7-19-31-20-8-13-27-22-26-12-3-4-14-28(26)30-16-6-5-15-29(27)30/h1-6,10-12,14-18,21-22H,19-20H2. The maximum absolute atomic E-state index is 5.62. The van der Waals surface area contributed by atoms with Gasteiger partial charge < -0.3 is 4.74 Å². The lowest BCUT2D eigenvalue weighted by Gasteiger charge is -2.06. The van der Waals surface area contributed by atoms with Crippen molar-refractivity contribution in [2.24, 2.45) is 0 Å². The van der Waals surface area contributed by atoms with Crippen molar-refractivity contribution in [1.82, 2.24) is 0 Å². The number of fused-ring (bicyclic) bond motifs is 4. The van der Waals surface area contributed by atoms with Gasteiger partial charge in [0.1, 0.15) is 13.2 Å². The van der Waals surface area contributed by atoms with Crippen LogP contribution in [0.5, 0.6) is 0 Å². The fourth-order valence-corrected chi connectivity index (χ4v) is 3.85. The molecule has 0 saturated heterocycles. The Hall–Kier alpha value is -4.04. The molecule has 1 heteroatoms. The average Bonchev–Trinajstić information content (AvgIpc) is 2.83. The van der Waals surface area contributed by atoms with Gasteiger partial charge in [0, 0.05) is 11.1 Å². The van der Waals surface area contributed by atoms with E-state index in [1.165, 1.54) is 32.3 Å². The van der Waals surface area contributed by atoms with E-state index in [4.69, 9.17) is 4.74 Å². The van der Waals surface area contributed by atoms with Gasteiger partial charge in [-0.15, -0.1) is 0 Å². The zero-order chi connectivity index (χ0) is 20.9. The lowest BCUT2D eigenvalue weighted by molar-refractivity contribution is 0.204. The topological polar surface area (TPSA) is 9.23 Å². The van der Waals surface area contributed by atoms with Gasteiger partial charge in [-0.05, 0) is 50.5 Å². The smallest absolute Gasteiger partial charge is 0.109 e. The molecule has 0 bridgehead atoms. The molecule has 0 aliphatic heterocycles. The van der Waals surface area contributed by atoms with E-state index in [-0.39, 0.29) is 0 Å². The van der Waals surface area contributed by atoms with E-state index in [2.05, 4.69) is 103 Å². The number of benzene rings is 5. The first-order valence-corrected chi connectivity index (χ1v) is 10.3. The summed E-state index contributed by atoms with van der Waals surface area (Å²) >= 11 is 0.